The van der Waals surface area contributed by atoms with E-state index in [2.05, 4.69) is 10.3 Å². The zero-order valence-electron chi connectivity index (χ0n) is 16.2. The lowest BCUT2D eigenvalue weighted by Gasteiger charge is -2.19. The molecule has 0 unspecified atom stereocenters. The van der Waals surface area contributed by atoms with E-state index in [4.69, 9.17) is 16.3 Å². The number of carbonyl (C=O) groups excluding carboxylic acids is 1. The number of amides is 1. The fourth-order valence-electron chi connectivity index (χ4n) is 2.96. The molecule has 2 aromatic rings. The van der Waals surface area contributed by atoms with E-state index in [1.165, 1.54) is 19.2 Å². The molecule has 0 aliphatic carbocycles. The predicted molar refractivity (Wildman–Crippen MR) is 106 cm³/mol. The topological polar surface area (TPSA) is 84.5 Å². The Balaban J connectivity index is 2.37. The fraction of sp³-hybridized carbons (Fsp3) is 0.316. The molecular weight excluding hydrogens is 388 g/mol. The summed E-state index contributed by atoms with van der Waals surface area (Å²) < 4.78 is 30.9. The second kappa shape index (κ2) is 7.88. The van der Waals surface area contributed by atoms with Crippen LogP contribution in [0.2, 0.25) is 5.02 Å². The van der Waals surface area contributed by atoms with Crippen molar-refractivity contribution in [1.82, 2.24) is 10.3 Å². The number of ether oxygens (including phenoxy) is 1. The van der Waals surface area contributed by atoms with Gasteiger partial charge >= 0.3 is 0 Å². The minimum absolute atomic E-state index is 0.123. The first-order valence-electron chi connectivity index (χ1n) is 8.24. The summed E-state index contributed by atoms with van der Waals surface area (Å²) in [5, 5.41) is 0.334. The molecule has 0 atom stereocenters. The number of hydrazine groups is 1. The second-order valence-electron chi connectivity index (χ2n) is 6.36. The molecular formula is C19H23ClN2O4S. The molecule has 27 heavy (non-hydrogen) atoms. The van der Waals surface area contributed by atoms with E-state index in [0.717, 1.165) is 16.7 Å². The normalized spacial score (nSPS) is 11.4. The standard InChI is InChI=1S/C19H23ClN2O4S/c1-10-11(2)13(4)18(14(5)12(10)3)27(24,25)22-21-19(23)16-9-15(20)7-8-17(16)26-6/h7-9,22H,1-6H3,(H,21,23). The average Bonchev–Trinajstić information content (AvgIpc) is 2.62. The Kier molecular flexibility index (Phi) is 6.19. The molecule has 0 bridgehead atoms. The molecule has 1 amide bonds. The van der Waals surface area contributed by atoms with Crippen LogP contribution in [0.25, 0.3) is 0 Å². The van der Waals surface area contributed by atoms with Crippen molar-refractivity contribution in [3.63, 3.8) is 0 Å². The van der Waals surface area contributed by atoms with E-state index < -0.39 is 15.9 Å². The Morgan fingerprint density at radius 1 is 0.963 bits per heavy atom. The maximum absolute atomic E-state index is 12.9. The number of methoxy groups -OCH3 is 1. The lowest BCUT2D eigenvalue weighted by molar-refractivity contribution is 0.0942. The minimum atomic E-state index is -3.97. The predicted octanol–water partition coefficient (Wildman–Crippen LogP) is 3.51. The van der Waals surface area contributed by atoms with Crippen LogP contribution in [-0.2, 0) is 10.0 Å². The van der Waals surface area contributed by atoms with Crippen LogP contribution < -0.4 is 15.0 Å². The van der Waals surface area contributed by atoms with Crippen molar-refractivity contribution >= 4 is 27.5 Å². The summed E-state index contributed by atoms with van der Waals surface area (Å²) in [6.07, 6.45) is 0. The third-order valence-electron chi connectivity index (χ3n) is 4.90. The summed E-state index contributed by atoms with van der Waals surface area (Å²) in [5.74, 6) is -0.390. The highest BCUT2D eigenvalue weighted by molar-refractivity contribution is 7.89. The fourth-order valence-corrected chi connectivity index (χ4v) is 4.57. The Bertz CT molecular complexity index is 988. The first kappa shape index (κ1) is 21.2. The van der Waals surface area contributed by atoms with Crippen molar-refractivity contribution in [2.45, 2.75) is 39.5 Å². The van der Waals surface area contributed by atoms with E-state index in [-0.39, 0.29) is 16.2 Å². The molecule has 2 rings (SSSR count). The van der Waals surface area contributed by atoms with Gasteiger partial charge in [0.25, 0.3) is 15.9 Å². The summed E-state index contributed by atoms with van der Waals surface area (Å²) in [7, 11) is -2.56. The molecule has 0 spiro atoms. The van der Waals surface area contributed by atoms with Crippen LogP contribution in [0, 0.1) is 34.6 Å². The quantitative estimate of drug-likeness (QED) is 0.738. The van der Waals surface area contributed by atoms with Gasteiger partial charge in [-0.15, -0.1) is 4.83 Å². The highest BCUT2D eigenvalue weighted by Crippen LogP contribution is 2.29. The number of carbonyl (C=O) groups is 1. The van der Waals surface area contributed by atoms with Crippen LogP contribution in [0.1, 0.15) is 38.2 Å². The molecule has 6 nitrogen and oxygen atoms in total. The van der Waals surface area contributed by atoms with Gasteiger partial charge in [0, 0.05) is 5.02 Å². The molecule has 8 heteroatoms. The molecule has 0 aliphatic heterocycles. The lowest BCUT2D eigenvalue weighted by Crippen LogP contribution is -2.42. The van der Waals surface area contributed by atoms with Gasteiger partial charge in [-0.05, 0) is 80.6 Å². The molecule has 146 valence electrons. The Labute approximate surface area is 164 Å². The monoisotopic (exact) mass is 410 g/mol. The van der Waals surface area contributed by atoms with Crippen LogP contribution in [0.5, 0.6) is 5.75 Å². The van der Waals surface area contributed by atoms with Crippen LogP contribution in [0.3, 0.4) is 0 Å². The smallest absolute Gasteiger partial charge is 0.270 e. The van der Waals surface area contributed by atoms with Crippen molar-refractivity contribution in [3.05, 3.63) is 56.6 Å². The maximum atomic E-state index is 12.9. The van der Waals surface area contributed by atoms with E-state index in [1.807, 2.05) is 20.8 Å². The third kappa shape index (κ3) is 4.10. The SMILES string of the molecule is COc1ccc(Cl)cc1C(=O)NNS(=O)(=O)c1c(C)c(C)c(C)c(C)c1C. The number of halogens is 1. The highest BCUT2D eigenvalue weighted by atomic mass is 35.5. The van der Waals surface area contributed by atoms with Crippen molar-refractivity contribution in [3.8, 4) is 5.75 Å². The lowest BCUT2D eigenvalue weighted by atomic mass is 9.95. The first-order valence-corrected chi connectivity index (χ1v) is 10.1. The Morgan fingerprint density at radius 3 is 2.00 bits per heavy atom. The van der Waals surface area contributed by atoms with E-state index in [1.54, 1.807) is 19.9 Å². The van der Waals surface area contributed by atoms with Crippen molar-refractivity contribution in [1.29, 1.82) is 0 Å². The number of hydrogen-bond acceptors (Lipinski definition) is 4. The van der Waals surface area contributed by atoms with E-state index in [0.29, 0.717) is 16.1 Å². The van der Waals surface area contributed by atoms with Gasteiger partial charge in [-0.3, -0.25) is 10.2 Å². The maximum Gasteiger partial charge on any atom is 0.270 e. The third-order valence-corrected chi connectivity index (χ3v) is 6.66. The molecule has 2 N–H and O–H groups in total. The number of sulfonamides is 1. The largest absolute Gasteiger partial charge is 0.496 e. The van der Waals surface area contributed by atoms with Gasteiger partial charge in [-0.25, -0.2) is 8.42 Å². The highest BCUT2D eigenvalue weighted by Gasteiger charge is 2.24. The first-order chi connectivity index (χ1) is 12.5. The van der Waals surface area contributed by atoms with Gasteiger partial charge < -0.3 is 4.74 Å². The van der Waals surface area contributed by atoms with Gasteiger partial charge in [-0.1, -0.05) is 11.6 Å². The zero-order valence-corrected chi connectivity index (χ0v) is 17.7. The second-order valence-corrected chi connectivity index (χ2v) is 8.41. The zero-order chi connectivity index (χ0) is 20.5. The number of nitrogens with one attached hydrogen (secondary N) is 2. The van der Waals surface area contributed by atoms with E-state index >= 15 is 0 Å². The summed E-state index contributed by atoms with van der Waals surface area (Å²) >= 11 is 5.92. The molecule has 0 aliphatic rings. The Morgan fingerprint density at radius 2 is 1.48 bits per heavy atom. The van der Waals surface area contributed by atoms with Crippen LogP contribution in [0.15, 0.2) is 23.1 Å². The van der Waals surface area contributed by atoms with Crippen molar-refractivity contribution < 1.29 is 17.9 Å². The summed E-state index contributed by atoms with van der Waals surface area (Å²) in [6, 6.07) is 4.51. The molecule has 2 aromatic carbocycles. The minimum Gasteiger partial charge on any atom is -0.496 e. The average molecular weight is 411 g/mol. The molecule has 0 saturated carbocycles. The molecule has 0 aromatic heterocycles. The van der Waals surface area contributed by atoms with Crippen LogP contribution >= 0.6 is 11.6 Å². The molecule has 0 heterocycles. The summed E-state index contributed by atoms with van der Waals surface area (Å²) in [5.41, 5.74) is 6.52. The van der Waals surface area contributed by atoms with Gasteiger partial charge in [0.05, 0.1) is 17.6 Å². The number of benzene rings is 2. The van der Waals surface area contributed by atoms with Gasteiger partial charge in [-0.2, -0.15) is 0 Å². The molecule has 0 radical (unpaired) electrons. The van der Waals surface area contributed by atoms with E-state index in [9.17, 15) is 13.2 Å². The Hall–Kier alpha value is -2.09. The molecule has 0 saturated heterocycles. The number of hydrogen-bond donors (Lipinski definition) is 2. The number of rotatable bonds is 5. The summed E-state index contributed by atoms with van der Waals surface area (Å²) in [4.78, 5) is 14.8. The van der Waals surface area contributed by atoms with Gasteiger partial charge in [0.1, 0.15) is 5.75 Å². The van der Waals surface area contributed by atoms with Crippen LogP contribution in [-0.4, -0.2) is 21.4 Å². The van der Waals surface area contributed by atoms with Crippen molar-refractivity contribution in [2.75, 3.05) is 7.11 Å². The van der Waals surface area contributed by atoms with Crippen molar-refractivity contribution in [2.24, 2.45) is 0 Å². The van der Waals surface area contributed by atoms with Gasteiger partial charge in [0.2, 0.25) is 0 Å². The van der Waals surface area contributed by atoms with Gasteiger partial charge in [0.15, 0.2) is 0 Å². The van der Waals surface area contributed by atoms with Crippen LogP contribution in [0.4, 0.5) is 0 Å². The molecule has 0 fully saturated rings. The summed E-state index contributed by atoms with van der Waals surface area (Å²) in [6.45, 7) is 9.23.